The lowest BCUT2D eigenvalue weighted by Crippen LogP contribution is -2.35. The second-order valence-electron chi connectivity index (χ2n) is 9.05. The summed E-state index contributed by atoms with van der Waals surface area (Å²) in [5.41, 5.74) is -2.70. The van der Waals surface area contributed by atoms with Gasteiger partial charge in [0.2, 0.25) is 0 Å². The number of thioether (sulfide) groups is 1. The molecule has 0 atom stereocenters. The molecule has 0 aliphatic carbocycles. The van der Waals surface area contributed by atoms with Gasteiger partial charge in [-0.2, -0.15) is 31.3 Å². The number of amidine groups is 1. The SMILES string of the molecule is COc1cc(/C=C2/SC(N3CCC(C)CC3)=NC2=O)ccc1OCc1ccc(C(F)(F)F)cc1C(F)(F)F. The number of piperidine rings is 1. The normalized spacial score (nSPS) is 18.2. The van der Waals surface area contributed by atoms with Crippen LogP contribution < -0.4 is 9.47 Å². The van der Waals surface area contributed by atoms with E-state index in [1.165, 1.54) is 24.9 Å². The van der Waals surface area contributed by atoms with Crippen molar-refractivity contribution in [1.82, 2.24) is 4.90 Å². The second-order valence-corrected chi connectivity index (χ2v) is 10.1. The molecule has 0 unspecified atom stereocenters. The maximum Gasteiger partial charge on any atom is 0.416 e. The Morgan fingerprint density at radius 3 is 2.37 bits per heavy atom. The van der Waals surface area contributed by atoms with E-state index in [4.69, 9.17) is 9.47 Å². The molecule has 2 aromatic carbocycles. The lowest BCUT2D eigenvalue weighted by atomic mass is 10.00. The predicted molar refractivity (Wildman–Crippen MR) is 132 cm³/mol. The molecule has 38 heavy (non-hydrogen) atoms. The third-order valence-corrected chi connectivity index (χ3v) is 7.32. The van der Waals surface area contributed by atoms with Gasteiger partial charge in [0.15, 0.2) is 16.7 Å². The van der Waals surface area contributed by atoms with E-state index in [0.717, 1.165) is 32.0 Å². The Hall–Kier alpha value is -3.15. The first kappa shape index (κ1) is 27.9. The van der Waals surface area contributed by atoms with Crippen LogP contribution in [0.5, 0.6) is 11.5 Å². The Bertz CT molecular complexity index is 1260. The van der Waals surface area contributed by atoms with Crippen LogP contribution in [0.3, 0.4) is 0 Å². The van der Waals surface area contributed by atoms with Crippen molar-refractivity contribution in [3.05, 3.63) is 63.6 Å². The van der Waals surface area contributed by atoms with Crippen LogP contribution in [0.4, 0.5) is 26.3 Å². The summed E-state index contributed by atoms with van der Waals surface area (Å²) in [5.74, 6) is 0.551. The van der Waals surface area contributed by atoms with Crippen LogP contribution in [-0.2, 0) is 23.8 Å². The first-order chi connectivity index (χ1) is 17.8. The molecule has 4 rings (SSSR count). The van der Waals surface area contributed by atoms with Crippen LogP contribution in [0, 0.1) is 5.92 Å². The van der Waals surface area contributed by atoms with E-state index >= 15 is 0 Å². The summed E-state index contributed by atoms with van der Waals surface area (Å²) in [6.07, 6.45) is -6.21. The van der Waals surface area contributed by atoms with Crippen LogP contribution in [0.1, 0.15) is 42.0 Å². The van der Waals surface area contributed by atoms with Gasteiger partial charge in [0.05, 0.1) is 23.1 Å². The maximum absolute atomic E-state index is 13.4. The number of rotatable bonds is 5. The Morgan fingerprint density at radius 2 is 1.74 bits per heavy atom. The largest absolute Gasteiger partial charge is 0.493 e. The van der Waals surface area contributed by atoms with Crippen LogP contribution in [0.15, 0.2) is 46.3 Å². The van der Waals surface area contributed by atoms with E-state index in [-0.39, 0.29) is 23.5 Å². The Balaban J connectivity index is 1.49. The highest BCUT2D eigenvalue weighted by Gasteiger charge is 2.38. The minimum absolute atomic E-state index is 0.0717. The standard InChI is InChI=1S/C26H24F6N2O3S/c1-15-7-9-34(10-8-15)24-33-23(35)22(38-24)12-16-3-6-20(21(11-16)36-2)37-14-17-4-5-18(25(27,28)29)13-19(17)26(30,31)32/h3-6,11-13,15H,7-10,14H2,1-2H3/b22-12+. The summed E-state index contributed by atoms with van der Waals surface area (Å²) in [6.45, 7) is 3.23. The highest BCUT2D eigenvalue weighted by atomic mass is 32.2. The maximum atomic E-state index is 13.4. The second kappa shape index (κ2) is 10.9. The summed E-state index contributed by atoms with van der Waals surface area (Å²) in [4.78, 5) is 19.1. The number of carbonyl (C=O) groups is 1. The van der Waals surface area contributed by atoms with Crippen molar-refractivity contribution in [3.63, 3.8) is 0 Å². The molecule has 2 heterocycles. The zero-order chi connectivity index (χ0) is 27.7. The van der Waals surface area contributed by atoms with Gasteiger partial charge in [0, 0.05) is 18.7 Å². The third kappa shape index (κ3) is 6.46. The summed E-state index contributed by atoms with van der Waals surface area (Å²) in [7, 11) is 1.34. The fourth-order valence-electron chi connectivity index (χ4n) is 4.08. The quantitative estimate of drug-likeness (QED) is 0.292. The van der Waals surface area contributed by atoms with Crippen molar-refractivity contribution >= 4 is 28.9 Å². The minimum atomic E-state index is -5.00. The molecule has 2 aliphatic heterocycles. The number of ether oxygens (including phenoxy) is 2. The fraction of sp³-hybridized carbons (Fsp3) is 0.385. The van der Waals surface area contributed by atoms with Gasteiger partial charge in [-0.3, -0.25) is 4.79 Å². The van der Waals surface area contributed by atoms with E-state index in [2.05, 4.69) is 16.8 Å². The molecule has 1 saturated heterocycles. The number of benzene rings is 2. The number of nitrogens with zero attached hydrogens (tertiary/aromatic N) is 2. The molecule has 0 saturated carbocycles. The zero-order valence-electron chi connectivity index (χ0n) is 20.4. The summed E-state index contributed by atoms with van der Waals surface area (Å²) < 4.78 is 89.9. The van der Waals surface area contributed by atoms with Gasteiger partial charge in [-0.15, -0.1) is 0 Å². The number of likely N-dealkylation sites (tertiary alicyclic amines) is 1. The lowest BCUT2D eigenvalue weighted by Gasteiger charge is -2.30. The highest BCUT2D eigenvalue weighted by molar-refractivity contribution is 8.18. The number of carbonyl (C=O) groups excluding carboxylic acids is 1. The average Bonchev–Trinajstić information content (AvgIpc) is 3.22. The number of hydrogen-bond acceptors (Lipinski definition) is 5. The van der Waals surface area contributed by atoms with Gasteiger partial charge < -0.3 is 14.4 Å². The number of hydrogen-bond donors (Lipinski definition) is 0. The summed E-state index contributed by atoms with van der Waals surface area (Å²) in [6, 6.07) is 6.01. The van der Waals surface area contributed by atoms with E-state index in [9.17, 15) is 31.1 Å². The fourth-order valence-corrected chi connectivity index (χ4v) is 5.04. The summed E-state index contributed by atoms with van der Waals surface area (Å²) in [5, 5.41) is 0.664. The molecule has 2 aliphatic rings. The number of amides is 1. The highest BCUT2D eigenvalue weighted by Crippen LogP contribution is 2.39. The van der Waals surface area contributed by atoms with Gasteiger partial charge in [-0.1, -0.05) is 19.1 Å². The van der Waals surface area contributed by atoms with Crippen molar-refractivity contribution in [2.24, 2.45) is 10.9 Å². The van der Waals surface area contributed by atoms with Gasteiger partial charge in [0.25, 0.3) is 5.91 Å². The van der Waals surface area contributed by atoms with Crippen LogP contribution in [0.25, 0.3) is 6.08 Å². The van der Waals surface area contributed by atoms with Crippen molar-refractivity contribution in [2.75, 3.05) is 20.2 Å². The predicted octanol–water partition coefficient (Wildman–Crippen LogP) is 7.01. The van der Waals surface area contributed by atoms with Gasteiger partial charge in [-0.05, 0) is 66.4 Å². The average molecular weight is 559 g/mol. The van der Waals surface area contributed by atoms with E-state index in [1.54, 1.807) is 18.2 Å². The van der Waals surface area contributed by atoms with Crippen LogP contribution in [-0.4, -0.2) is 36.2 Å². The van der Waals surface area contributed by atoms with Crippen LogP contribution >= 0.6 is 11.8 Å². The molecule has 0 N–H and O–H groups in total. The molecule has 204 valence electrons. The molecular formula is C26H24F6N2O3S. The molecule has 0 radical (unpaired) electrons. The summed E-state index contributed by atoms with van der Waals surface area (Å²) >= 11 is 1.28. The molecule has 5 nitrogen and oxygen atoms in total. The molecule has 1 fully saturated rings. The first-order valence-corrected chi connectivity index (χ1v) is 12.5. The number of halogens is 6. The van der Waals surface area contributed by atoms with E-state index in [0.29, 0.717) is 27.6 Å². The molecular weight excluding hydrogens is 534 g/mol. The van der Waals surface area contributed by atoms with Gasteiger partial charge in [0.1, 0.15) is 6.61 Å². The molecule has 0 bridgehead atoms. The number of methoxy groups -OCH3 is 1. The van der Waals surface area contributed by atoms with Crippen molar-refractivity contribution in [3.8, 4) is 11.5 Å². The zero-order valence-corrected chi connectivity index (χ0v) is 21.3. The molecule has 2 aromatic rings. The number of aliphatic imine (C=N–C) groups is 1. The van der Waals surface area contributed by atoms with Gasteiger partial charge >= 0.3 is 12.4 Å². The first-order valence-electron chi connectivity index (χ1n) is 11.7. The van der Waals surface area contributed by atoms with Crippen LogP contribution in [0.2, 0.25) is 0 Å². The topological polar surface area (TPSA) is 51.1 Å². The molecule has 12 heteroatoms. The Morgan fingerprint density at radius 1 is 1.03 bits per heavy atom. The smallest absolute Gasteiger partial charge is 0.416 e. The molecule has 0 aromatic heterocycles. The minimum Gasteiger partial charge on any atom is -0.493 e. The molecule has 1 amide bonds. The van der Waals surface area contributed by atoms with E-state index < -0.39 is 35.6 Å². The Labute approximate surface area is 219 Å². The lowest BCUT2D eigenvalue weighted by molar-refractivity contribution is -0.143. The van der Waals surface area contributed by atoms with Gasteiger partial charge in [-0.25, -0.2) is 0 Å². The third-order valence-electron chi connectivity index (χ3n) is 6.27. The Kier molecular flexibility index (Phi) is 8.01. The number of alkyl halides is 6. The van der Waals surface area contributed by atoms with Crippen molar-refractivity contribution < 1.29 is 40.6 Å². The molecule has 0 spiro atoms. The monoisotopic (exact) mass is 558 g/mol. The van der Waals surface area contributed by atoms with Crippen molar-refractivity contribution in [2.45, 2.75) is 38.7 Å². The van der Waals surface area contributed by atoms with Crippen molar-refractivity contribution in [1.29, 1.82) is 0 Å². The van der Waals surface area contributed by atoms with E-state index in [1.807, 2.05) is 0 Å².